The van der Waals surface area contributed by atoms with E-state index in [1.165, 1.54) is 16.7 Å². The lowest BCUT2D eigenvalue weighted by Gasteiger charge is -2.33. The molecule has 2 heterocycles. The van der Waals surface area contributed by atoms with Crippen molar-refractivity contribution in [2.24, 2.45) is 0 Å². The van der Waals surface area contributed by atoms with Gasteiger partial charge in [-0.3, -0.25) is 4.79 Å². The molecule has 0 saturated carbocycles. The second kappa shape index (κ2) is 6.34. The Morgan fingerprint density at radius 3 is 2.60 bits per heavy atom. The molecule has 1 unspecified atom stereocenters. The molecule has 8 heteroatoms. The number of likely N-dealkylation sites (tertiary alicyclic amines) is 1. The van der Waals surface area contributed by atoms with Gasteiger partial charge >= 0.3 is 5.97 Å². The number of nitrogens with zero attached hydrogens (tertiary/aromatic N) is 1. The van der Waals surface area contributed by atoms with Gasteiger partial charge in [0.2, 0.25) is 5.91 Å². The largest absolute Gasteiger partial charge is 0.480 e. The van der Waals surface area contributed by atoms with Gasteiger partial charge in [0.05, 0.1) is 17.3 Å². The Balaban J connectivity index is 1.86. The van der Waals surface area contributed by atoms with Crippen LogP contribution in [0.3, 0.4) is 0 Å². The number of carbonyl (C=O) groups is 2. The highest BCUT2D eigenvalue weighted by molar-refractivity contribution is 8.02. The van der Waals surface area contributed by atoms with E-state index in [1.807, 2.05) is 0 Å². The van der Waals surface area contributed by atoms with E-state index >= 15 is 0 Å². The first-order valence-corrected chi connectivity index (χ1v) is 9.60. The third-order valence-electron chi connectivity index (χ3n) is 3.74. The molecule has 6 nitrogen and oxygen atoms in total. The molecule has 2 aliphatic heterocycles. The SMILES string of the molecule is O=C(O)[C@H]1CCCCN1C(=O)CSC1CCS(=O)(=O)C1. The number of sulfone groups is 1. The molecule has 0 aliphatic carbocycles. The fourth-order valence-electron chi connectivity index (χ4n) is 2.65. The molecule has 2 aliphatic rings. The Kier molecular flexibility index (Phi) is 4.95. The van der Waals surface area contributed by atoms with Crippen LogP contribution in [0, 0.1) is 0 Å². The number of amides is 1. The number of hydrogen-bond donors (Lipinski definition) is 1. The van der Waals surface area contributed by atoms with E-state index in [0.29, 0.717) is 19.4 Å². The molecule has 1 amide bonds. The van der Waals surface area contributed by atoms with Gasteiger partial charge in [-0.1, -0.05) is 0 Å². The van der Waals surface area contributed by atoms with E-state index in [-0.39, 0.29) is 28.4 Å². The van der Waals surface area contributed by atoms with Crippen molar-refractivity contribution in [2.75, 3.05) is 23.8 Å². The second-order valence-corrected chi connectivity index (χ2v) is 8.79. The van der Waals surface area contributed by atoms with Crippen molar-refractivity contribution in [3.63, 3.8) is 0 Å². The molecule has 0 spiro atoms. The highest BCUT2D eigenvalue weighted by Crippen LogP contribution is 2.25. The maximum Gasteiger partial charge on any atom is 0.326 e. The Morgan fingerprint density at radius 1 is 1.25 bits per heavy atom. The van der Waals surface area contributed by atoms with Crippen LogP contribution in [0.5, 0.6) is 0 Å². The van der Waals surface area contributed by atoms with E-state index in [4.69, 9.17) is 5.11 Å². The zero-order chi connectivity index (χ0) is 14.8. The molecule has 0 aromatic heterocycles. The van der Waals surface area contributed by atoms with Crippen LogP contribution in [-0.4, -0.2) is 65.4 Å². The van der Waals surface area contributed by atoms with Gasteiger partial charge in [0.15, 0.2) is 9.84 Å². The summed E-state index contributed by atoms with van der Waals surface area (Å²) in [7, 11) is -2.93. The van der Waals surface area contributed by atoms with E-state index in [9.17, 15) is 18.0 Å². The Labute approximate surface area is 122 Å². The normalized spacial score (nSPS) is 29.3. The highest BCUT2D eigenvalue weighted by atomic mass is 32.2. The second-order valence-electron chi connectivity index (χ2n) is 5.27. The molecule has 1 N–H and O–H groups in total. The molecule has 2 saturated heterocycles. The summed E-state index contributed by atoms with van der Waals surface area (Å²) in [6, 6.07) is -0.718. The first-order chi connectivity index (χ1) is 9.39. The lowest BCUT2D eigenvalue weighted by molar-refractivity contribution is -0.150. The number of thioether (sulfide) groups is 1. The van der Waals surface area contributed by atoms with Crippen molar-refractivity contribution >= 4 is 33.5 Å². The van der Waals surface area contributed by atoms with E-state index < -0.39 is 21.8 Å². The van der Waals surface area contributed by atoms with Crippen LogP contribution in [0.4, 0.5) is 0 Å². The summed E-state index contributed by atoms with van der Waals surface area (Å²) >= 11 is 1.34. The van der Waals surface area contributed by atoms with Crippen molar-refractivity contribution in [3.05, 3.63) is 0 Å². The molecule has 0 radical (unpaired) electrons. The van der Waals surface area contributed by atoms with Crippen molar-refractivity contribution in [1.29, 1.82) is 0 Å². The van der Waals surface area contributed by atoms with E-state index in [1.54, 1.807) is 0 Å². The summed E-state index contributed by atoms with van der Waals surface area (Å²) in [5.74, 6) is -0.643. The summed E-state index contributed by atoms with van der Waals surface area (Å²) in [6.45, 7) is 0.485. The van der Waals surface area contributed by atoms with Gasteiger partial charge in [-0.25, -0.2) is 13.2 Å². The van der Waals surface area contributed by atoms with Gasteiger partial charge in [-0.15, -0.1) is 11.8 Å². The quantitative estimate of drug-likeness (QED) is 0.804. The fraction of sp³-hybridized carbons (Fsp3) is 0.833. The third kappa shape index (κ3) is 3.88. The average molecular weight is 321 g/mol. The number of rotatable bonds is 4. The minimum absolute atomic E-state index is 0.0305. The molecule has 0 aromatic rings. The smallest absolute Gasteiger partial charge is 0.326 e. The maximum atomic E-state index is 12.1. The van der Waals surface area contributed by atoms with Crippen LogP contribution in [0.15, 0.2) is 0 Å². The monoisotopic (exact) mass is 321 g/mol. The molecular formula is C12H19NO5S2. The fourth-order valence-corrected chi connectivity index (χ4v) is 6.18. The predicted molar refractivity (Wildman–Crippen MR) is 76.5 cm³/mol. The average Bonchev–Trinajstić information content (AvgIpc) is 2.75. The van der Waals surface area contributed by atoms with Crippen LogP contribution in [0.25, 0.3) is 0 Å². The van der Waals surface area contributed by atoms with E-state index in [2.05, 4.69) is 0 Å². The minimum atomic E-state index is -2.93. The van der Waals surface area contributed by atoms with E-state index in [0.717, 1.165) is 12.8 Å². The Morgan fingerprint density at radius 2 is 2.00 bits per heavy atom. The van der Waals surface area contributed by atoms with Crippen LogP contribution < -0.4 is 0 Å². The molecule has 114 valence electrons. The third-order valence-corrected chi connectivity index (χ3v) is 7.01. The Hall–Kier alpha value is -0.760. The zero-order valence-corrected chi connectivity index (χ0v) is 12.8. The zero-order valence-electron chi connectivity index (χ0n) is 11.2. The van der Waals surface area contributed by atoms with Crippen LogP contribution in [0.2, 0.25) is 0 Å². The van der Waals surface area contributed by atoms with Gasteiger partial charge in [0, 0.05) is 11.8 Å². The summed E-state index contributed by atoms with van der Waals surface area (Å²) < 4.78 is 22.7. The van der Waals surface area contributed by atoms with Gasteiger partial charge < -0.3 is 10.0 Å². The van der Waals surface area contributed by atoms with Crippen LogP contribution in [0.1, 0.15) is 25.7 Å². The molecular weight excluding hydrogens is 302 g/mol. The molecule has 2 fully saturated rings. The molecule has 0 aromatic carbocycles. The van der Waals surface area contributed by atoms with Crippen molar-refractivity contribution in [1.82, 2.24) is 4.90 Å². The van der Waals surface area contributed by atoms with Crippen molar-refractivity contribution in [3.8, 4) is 0 Å². The first kappa shape index (κ1) is 15.6. The highest BCUT2D eigenvalue weighted by Gasteiger charge is 2.33. The topological polar surface area (TPSA) is 91.8 Å². The summed E-state index contributed by atoms with van der Waals surface area (Å²) in [5, 5.41) is 9.10. The standard InChI is InChI=1S/C12H19NO5S2/c14-11(7-19-9-4-6-20(17,18)8-9)13-5-2-1-3-10(13)12(15)16/h9-10H,1-8H2,(H,15,16)/t9?,10-/m1/s1. The van der Waals surface area contributed by atoms with Crippen LogP contribution >= 0.6 is 11.8 Å². The molecule has 2 rings (SSSR count). The number of hydrogen-bond acceptors (Lipinski definition) is 5. The predicted octanol–water partition coefficient (Wildman–Crippen LogP) is 0.372. The summed E-state index contributed by atoms with van der Waals surface area (Å²) in [4.78, 5) is 24.7. The number of carbonyl (C=O) groups excluding carboxylic acids is 1. The lowest BCUT2D eigenvalue weighted by atomic mass is 10.0. The number of carboxylic acids is 1. The van der Waals surface area contributed by atoms with Gasteiger partial charge in [-0.05, 0) is 25.7 Å². The van der Waals surface area contributed by atoms with Gasteiger partial charge in [-0.2, -0.15) is 0 Å². The van der Waals surface area contributed by atoms with Crippen molar-refractivity contribution in [2.45, 2.75) is 37.0 Å². The first-order valence-electron chi connectivity index (χ1n) is 6.73. The number of aliphatic carboxylic acids is 1. The number of piperidine rings is 1. The summed E-state index contributed by atoms with van der Waals surface area (Å²) in [6.07, 6.45) is 2.75. The van der Waals surface area contributed by atoms with Gasteiger partial charge in [0.25, 0.3) is 0 Å². The minimum Gasteiger partial charge on any atom is -0.480 e. The van der Waals surface area contributed by atoms with Crippen molar-refractivity contribution < 1.29 is 23.1 Å². The van der Waals surface area contributed by atoms with Crippen LogP contribution in [-0.2, 0) is 19.4 Å². The summed E-state index contributed by atoms with van der Waals surface area (Å²) in [5.41, 5.74) is 0. The molecule has 20 heavy (non-hydrogen) atoms. The lowest BCUT2D eigenvalue weighted by Crippen LogP contribution is -2.48. The van der Waals surface area contributed by atoms with Gasteiger partial charge in [0.1, 0.15) is 6.04 Å². The maximum absolute atomic E-state index is 12.1. The molecule has 2 atom stereocenters. The number of carboxylic acid groups (broad SMARTS) is 1. The molecule has 0 bridgehead atoms. The Bertz CT molecular complexity index is 490.